The van der Waals surface area contributed by atoms with Gasteiger partial charge in [0.1, 0.15) is 11.8 Å². The Labute approximate surface area is 144 Å². The quantitative estimate of drug-likeness (QED) is 0.503. The zero-order chi connectivity index (χ0) is 17.9. The second-order valence-corrected chi connectivity index (χ2v) is 6.88. The molecule has 0 spiro atoms. The minimum absolute atomic E-state index is 0.0519. The minimum Gasteiger partial charge on any atom is -0.444 e. The van der Waals surface area contributed by atoms with E-state index in [1.165, 1.54) is 0 Å². The van der Waals surface area contributed by atoms with E-state index in [9.17, 15) is 14.9 Å². The van der Waals surface area contributed by atoms with Crippen LogP contribution in [0.1, 0.15) is 33.6 Å². The number of amides is 1. The Morgan fingerprint density at radius 2 is 2.25 bits per heavy atom. The van der Waals surface area contributed by atoms with Gasteiger partial charge in [0.05, 0.1) is 4.92 Å². The molecule has 1 unspecified atom stereocenters. The number of nitrogens with one attached hydrogen (secondary N) is 1. The van der Waals surface area contributed by atoms with Crippen LogP contribution >= 0.6 is 11.6 Å². The molecule has 0 aliphatic carbocycles. The smallest absolute Gasteiger partial charge is 0.410 e. The van der Waals surface area contributed by atoms with E-state index in [-0.39, 0.29) is 22.8 Å². The molecule has 0 radical (unpaired) electrons. The Morgan fingerprint density at radius 1 is 1.54 bits per heavy atom. The third kappa shape index (κ3) is 4.92. The molecule has 2 rings (SSSR count). The number of rotatable bonds is 3. The normalized spacial score (nSPS) is 18.2. The highest BCUT2D eigenvalue weighted by Crippen LogP contribution is 2.25. The van der Waals surface area contributed by atoms with E-state index in [1.807, 2.05) is 0 Å². The molecule has 1 atom stereocenters. The first-order valence-corrected chi connectivity index (χ1v) is 7.95. The van der Waals surface area contributed by atoms with Gasteiger partial charge in [-0.15, -0.1) is 0 Å². The Bertz CT molecular complexity index is 634. The van der Waals surface area contributed by atoms with E-state index in [0.29, 0.717) is 13.1 Å². The summed E-state index contributed by atoms with van der Waals surface area (Å²) in [5.74, 6) is 0.0519. The van der Waals surface area contributed by atoms with Gasteiger partial charge in [0.2, 0.25) is 11.1 Å². The number of hydrogen-bond donors (Lipinski definition) is 1. The number of likely N-dealkylation sites (tertiary alicyclic amines) is 1. The van der Waals surface area contributed by atoms with Gasteiger partial charge in [0.15, 0.2) is 0 Å². The molecule has 1 aromatic heterocycles. The Balaban J connectivity index is 2.07. The molecule has 0 aromatic carbocycles. The van der Waals surface area contributed by atoms with Crippen LogP contribution in [0.5, 0.6) is 0 Å². The molecule has 1 saturated heterocycles. The molecule has 10 heteroatoms. The molecule has 0 saturated carbocycles. The lowest BCUT2D eigenvalue weighted by molar-refractivity contribution is -0.384. The van der Waals surface area contributed by atoms with Gasteiger partial charge in [-0.1, -0.05) is 0 Å². The molecule has 1 fully saturated rings. The van der Waals surface area contributed by atoms with Gasteiger partial charge in [-0.25, -0.2) is 9.78 Å². The molecule has 1 amide bonds. The van der Waals surface area contributed by atoms with Crippen LogP contribution in [0.25, 0.3) is 0 Å². The molecule has 24 heavy (non-hydrogen) atoms. The zero-order valence-electron chi connectivity index (χ0n) is 13.8. The highest BCUT2D eigenvalue weighted by Gasteiger charge is 2.29. The van der Waals surface area contributed by atoms with Crippen LogP contribution < -0.4 is 5.32 Å². The molecule has 1 aliphatic heterocycles. The summed E-state index contributed by atoms with van der Waals surface area (Å²) >= 11 is 5.72. The number of nitro groups is 1. The van der Waals surface area contributed by atoms with Gasteiger partial charge in [-0.3, -0.25) is 10.1 Å². The summed E-state index contributed by atoms with van der Waals surface area (Å²) in [5.41, 5.74) is -0.829. The van der Waals surface area contributed by atoms with E-state index in [2.05, 4.69) is 15.3 Å². The molecule has 2 heterocycles. The fraction of sp³-hybridized carbons (Fsp3) is 0.643. The summed E-state index contributed by atoms with van der Waals surface area (Å²) in [4.78, 5) is 31.7. The minimum atomic E-state index is -0.576. The summed E-state index contributed by atoms with van der Waals surface area (Å²) in [6.45, 7) is 6.36. The first kappa shape index (κ1) is 18.2. The number of aromatic nitrogens is 2. The molecule has 9 nitrogen and oxygen atoms in total. The lowest BCUT2D eigenvalue weighted by atomic mass is 10.1. The summed E-state index contributed by atoms with van der Waals surface area (Å²) in [6, 6.07) is -0.184. The average Bonchev–Trinajstić information content (AvgIpc) is 2.45. The van der Waals surface area contributed by atoms with Gasteiger partial charge in [-0.2, -0.15) is 4.98 Å². The lowest BCUT2D eigenvalue weighted by Crippen LogP contribution is -2.47. The maximum atomic E-state index is 12.2. The number of halogens is 1. The number of ether oxygens (including phenoxy) is 1. The number of carbonyl (C=O) groups excluding carboxylic acids is 1. The molecule has 1 aliphatic rings. The number of hydrogen-bond acceptors (Lipinski definition) is 7. The summed E-state index contributed by atoms with van der Waals surface area (Å²) < 4.78 is 5.36. The largest absolute Gasteiger partial charge is 0.444 e. The molecule has 1 aromatic rings. The summed E-state index contributed by atoms with van der Waals surface area (Å²) in [7, 11) is 0. The van der Waals surface area contributed by atoms with Crippen LogP contribution in [0, 0.1) is 10.1 Å². The number of piperidine rings is 1. The Hall–Kier alpha value is -2.16. The van der Waals surface area contributed by atoms with E-state index < -0.39 is 16.6 Å². The Kier molecular flexibility index (Phi) is 5.43. The van der Waals surface area contributed by atoms with E-state index in [0.717, 1.165) is 19.0 Å². The first-order valence-electron chi connectivity index (χ1n) is 7.57. The molecule has 1 N–H and O–H groups in total. The molecular formula is C14H20ClN5O4. The highest BCUT2D eigenvalue weighted by molar-refractivity contribution is 6.28. The van der Waals surface area contributed by atoms with Crippen LogP contribution in [-0.2, 0) is 4.74 Å². The topological polar surface area (TPSA) is 110 Å². The van der Waals surface area contributed by atoms with Crippen molar-refractivity contribution in [2.45, 2.75) is 45.3 Å². The third-order valence-electron chi connectivity index (χ3n) is 3.35. The first-order chi connectivity index (χ1) is 11.2. The zero-order valence-corrected chi connectivity index (χ0v) is 14.5. The van der Waals surface area contributed by atoms with E-state index >= 15 is 0 Å². The maximum Gasteiger partial charge on any atom is 0.410 e. The molecule has 132 valence electrons. The molecule has 0 bridgehead atoms. The van der Waals surface area contributed by atoms with Crippen molar-refractivity contribution >= 4 is 29.2 Å². The van der Waals surface area contributed by atoms with Crippen molar-refractivity contribution in [3.63, 3.8) is 0 Å². The number of carbonyl (C=O) groups is 1. The van der Waals surface area contributed by atoms with Crippen LogP contribution in [0.2, 0.25) is 5.28 Å². The second kappa shape index (κ2) is 7.16. The third-order valence-corrected chi connectivity index (χ3v) is 3.53. The lowest BCUT2D eigenvalue weighted by Gasteiger charge is -2.34. The monoisotopic (exact) mass is 357 g/mol. The Morgan fingerprint density at radius 3 is 2.88 bits per heavy atom. The second-order valence-electron chi connectivity index (χ2n) is 6.54. The predicted octanol–water partition coefficient (Wildman–Crippen LogP) is 2.85. The predicted molar refractivity (Wildman–Crippen MR) is 88.1 cm³/mol. The van der Waals surface area contributed by atoms with Crippen LogP contribution in [0.3, 0.4) is 0 Å². The van der Waals surface area contributed by atoms with E-state index in [4.69, 9.17) is 16.3 Å². The van der Waals surface area contributed by atoms with Crippen molar-refractivity contribution in [1.82, 2.24) is 14.9 Å². The van der Waals surface area contributed by atoms with Crippen LogP contribution in [-0.4, -0.2) is 50.6 Å². The van der Waals surface area contributed by atoms with Crippen molar-refractivity contribution in [2.75, 3.05) is 18.4 Å². The maximum absolute atomic E-state index is 12.2. The fourth-order valence-electron chi connectivity index (χ4n) is 2.37. The standard InChI is InChI=1S/C14H20ClN5O4/c1-14(2,3)24-13(21)19-6-4-5-9(8-19)17-11-10(20(22)23)7-16-12(15)18-11/h7,9H,4-6,8H2,1-3H3,(H,16,17,18). The van der Waals surface area contributed by atoms with Gasteiger partial charge < -0.3 is 15.0 Å². The SMILES string of the molecule is CC(C)(C)OC(=O)N1CCCC(Nc2nc(Cl)ncc2[N+](=O)[O-])C1. The van der Waals surface area contributed by atoms with Gasteiger partial charge in [-0.05, 0) is 45.2 Å². The van der Waals surface area contributed by atoms with Crippen molar-refractivity contribution in [2.24, 2.45) is 0 Å². The van der Waals surface area contributed by atoms with Crippen molar-refractivity contribution < 1.29 is 14.5 Å². The number of nitrogens with zero attached hydrogens (tertiary/aromatic N) is 4. The van der Waals surface area contributed by atoms with Crippen LogP contribution in [0.4, 0.5) is 16.3 Å². The highest BCUT2D eigenvalue weighted by atomic mass is 35.5. The van der Waals surface area contributed by atoms with Gasteiger partial charge >= 0.3 is 11.8 Å². The molecular weight excluding hydrogens is 338 g/mol. The summed E-state index contributed by atoms with van der Waals surface area (Å²) in [6.07, 6.45) is 2.16. The average molecular weight is 358 g/mol. The van der Waals surface area contributed by atoms with E-state index in [1.54, 1.807) is 25.7 Å². The fourth-order valence-corrected chi connectivity index (χ4v) is 2.51. The van der Waals surface area contributed by atoms with Gasteiger partial charge in [0.25, 0.3) is 0 Å². The summed E-state index contributed by atoms with van der Waals surface area (Å²) in [5, 5.41) is 14.0. The van der Waals surface area contributed by atoms with Crippen molar-refractivity contribution in [3.8, 4) is 0 Å². The van der Waals surface area contributed by atoms with Crippen molar-refractivity contribution in [3.05, 3.63) is 21.6 Å². The van der Waals surface area contributed by atoms with Gasteiger partial charge in [0, 0.05) is 19.1 Å². The van der Waals surface area contributed by atoms with Crippen LogP contribution in [0.15, 0.2) is 6.20 Å². The van der Waals surface area contributed by atoms with Crippen molar-refractivity contribution in [1.29, 1.82) is 0 Å². The number of anilines is 1.